The summed E-state index contributed by atoms with van der Waals surface area (Å²) in [4.78, 5) is 4.95. The van der Waals surface area contributed by atoms with Gasteiger partial charge in [0.25, 0.3) is 13.4 Å². The first kappa shape index (κ1) is 60.4. The maximum absolute atomic E-state index is 2.80. The van der Waals surface area contributed by atoms with Gasteiger partial charge in [0.15, 0.2) is 0 Å². The summed E-state index contributed by atoms with van der Waals surface area (Å²) >= 11 is 3.89. The Morgan fingerprint density at radius 2 is 0.818 bits per heavy atom. The SMILES string of the molecule is Cc1cc2c3c(c1)-n1c4c(cccc4c4sc5ccccc5c41)B3c1c(Cc3cc4c5c(c3)-n3c6c(ccc(N(c7ccccc7)c7ccccc7)c6c6sc7ccccc7c63)B5c3cccc5c6c(n-4c35)-c3ccccc3C6(C)C)ccc3c4c(n-2c13)-c1cc(N(c2ccccc2)c2ccccc2)ccc1C4(C)C. The molecular weight excluding hydrogens is 1370 g/mol. The van der Waals surface area contributed by atoms with Crippen molar-refractivity contribution in [3.05, 3.63) is 336 Å². The van der Waals surface area contributed by atoms with Crippen LogP contribution in [0.5, 0.6) is 0 Å². The third-order valence-corrected chi connectivity index (χ3v) is 28.6. The highest BCUT2D eigenvalue weighted by Crippen LogP contribution is 2.59. The highest BCUT2D eigenvalue weighted by atomic mass is 32.1. The van der Waals surface area contributed by atoms with Crippen molar-refractivity contribution in [2.45, 2.75) is 51.9 Å². The predicted molar refractivity (Wildman–Crippen MR) is 467 cm³/mol. The molecule has 0 atom stereocenters. The molecule has 10 heteroatoms. The number of nitrogens with zero attached hydrogens (tertiary/aromatic N) is 6. The summed E-state index contributed by atoms with van der Waals surface area (Å²) in [7, 11) is 0. The molecule has 110 heavy (non-hydrogen) atoms. The molecule has 0 radical (unpaired) electrons. The van der Waals surface area contributed by atoms with Crippen LogP contribution in [0.15, 0.2) is 297 Å². The Morgan fingerprint density at radius 3 is 1.49 bits per heavy atom. The van der Waals surface area contributed by atoms with E-state index < -0.39 is 0 Å². The number of aryl methyl sites for hydroxylation is 1. The van der Waals surface area contributed by atoms with Crippen LogP contribution in [0.25, 0.3) is 129 Å². The zero-order valence-corrected chi connectivity index (χ0v) is 62.8. The van der Waals surface area contributed by atoms with Crippen LogP contribution in [-0.4, -0.2) is 31.7 Å². The summed E-state index contributed by atoms with van der Waals surface area (Å²) in [5.74, 6) is 0. The van der Waals surface area contributed by atoms with Gasteiger partial charge in [0.1, 0.15) is 0 Å². The van der Waals surface area contributed by atoms with Crippen molar-refractivity contribution in [2.24, 2.45) is 0 Å². The Morgan fingerprint density at radius 1 is 0.336 bits per heavy atom. The quantitative estimate of drug-likeness (QED) is 0.142. The third-order valence-electron chi connectivity index (χ3n) is 26.3. The number of anilines is 6. The predicted octanol–water partition coefficient (Wildman–Crippen LogP) is 21.9. The van der Waals surface area contributed by atoms with Crippen molar-refractivity contribution < 1.29 is 0 Å². The number of thiophene rings is 2. The molecule has 4 aliphatic heterocycles. The van der Waals surface area contributed by atoms with E-state index in [1.165, 1.54) is 207 Å². The lowest BCUT2D eigenvalue weighted by Crippen LogP contribution is -2.60. The highest BCUT2D eigenvalue weighted by Gasteiger charge is 2.51. The minimum atomic E-state index is -0.353. The van der Waals surface area contributed by atoms with Crippen molar-refractivity contribution in [3.63, 3.8) is 0 Å². The van der Waals surface area contributed by atoms with Crippen LogP contribution in [0, 0.1) is 6.92 Å². The lowest BCUT2D eigenvalue weighted by molar-refractivity contribution is 0.666. The van der Waals surface area contributed by atoms with Gasteiger partial charge in [-0.15, -0.1) is 22.7 Å². The number of para-hydroxylation sites is 6. The first-order valence-electron chi connectivity index (χ1n) is 38.8. The lowest BCUT2D eigenvalue weighted by Gasteiger charge is -2.36. The first-order chi connectivity index (χ1) is 54.1. The van der Waals surface area contributed by atoms with Gasteiger partial charge < -0.3 is 28.1 Å². The second-order valence-electron chi connectivity index (χ2n) is 32.6. The van der Waals surface area contributed by atoms with E-state index in [4.69, 9.17) is 0 Å². The van der Waals surface area contributed by atoms with E-state index in [0.717, 1.165) is 28.4 Å². The Balaban J connectivity index is 0.786. The number of aromatic nitrogens is 4. The highest BCUT2D eigenvalue weighted by molar-refractivity contribution is 7.27. The van der Waals surface area contributed by atoms with Gasteiger partial charge in [0, 0.05) is 126 Å². The number of hydrogen-bond acceptors (Lipinski definition) is 4. The molecule has 6 aromatic heterocycles. The fourth-order valence-corrected chi connectivity index (χ4v) is 24.6. The monoisotopic (exact) mass is 1440 g/mol. The molecule has 10 heterocycles. The molecule has 514 valence electrons. The number of benzene rings is 14. The summed E-state index contributed by atoms with van der Waals surface area (Å²) in [6, 6.07) is 114. The zero-order chi connectivity index (χ0) is 72.2. The minimum absolute atomic E-state index is 0.0636. The fourth-order valence-electron chi connectivity index (χ4n) is 22.2. The van der Waals surface area contributed by atoms with Gasteiger partial charge in [-0.25, -0.2) is 0 Å². The summed E-state index contributed by atoms with van der Waals surface area (Å²) in [6.45, 7) is 12.1. The molecule has 0 unspecified atom stereocenters. The van der Waals surface area contributed by atoms with Crippen molar-refractivity contribution in [1.82, 2.24) is 18.3 Å². The third kappa shape index (κ3) is 7.38. The average molecular weight is 1440 g/mol. The van der Waals surface area contributed by atoms with Crippen molar-refractivity contribution in [1.29, 1.82) is 0 Å². The van der Waals surface area contributed by atoms with E-state index in [9.17, 15) is 0 Å². The Kier molecular flexibility index (Phi) is 11.5. The van der Waals surface area contributed by atoms with E-state index in [2.05, 4.69) is 360 Å². The zero-order valence-electron chi connectivity index (χ0n) is 61.2. The Bertz CT molecular complexity index is 7520. The second kappa shape index (κ2) is 21.0. The van der Waals surface area contributed by atoms with Crippen molar-refractivity contribution in [3.8, 4) is 45.3 Å². The molecule has 6 aliphatic rings. The molecule has 0 amide bonds. The standard InChI is InChI=1S/C100H66B2N6S2/c1-56-50-77-88-78(51-56)107-92-70-55-63(103(59-26-10-6-11-27-59)60-28-12-7-13-29-60)45-47-72(70)100(4,5)85(92)68-46-44-58(86(93(68)107)102(88)74-41-25-38-69-90(74)106(77)94-65-35-19-22-42-81(65)109-97(69)94)52-57-53-79-87-80(54-57)108-95-66-36-20-23-43-82(66)110-98(95)83-76(104(61-30-14-8-15-31-61)62-32-16-9-17-33-62)49-48-75(96(83)108)101(87)73-40-24-37-67-84-91(105(79)89(67)73)64-34-18-21-39-71(64)99(84,2)3/h6-51,53-55H,52H2,1-5H3. The van der Waals surface area contributed by atoms with Gasteiger partial charge in [0.05, 0.1) is 48.5 Å². The maximum Gasteiger partial charge on any atom is 0.252 e. The number of hydrogen-bond donors (Lipinski definition) is 0. The van der Waals surface area contributed by atoms with E-state index in [0.29, 0.717) is 6.42 Å². The summed E-state index contributed by atoms with van der Waals surface area (Å²) in [6.07, 6.45) is 0.694. The van der Waals surface area contributed by atoms with Crippen LogP contribution in [-0.2, 0) is 17.3 Å². The molecule has 20 aromatic rings. The van der Waals surface area contributed by atoms with Crippen LogP contribution in [0.4, 0.5) is 34.1 Å². The van der Waals surface area contributed by atoms with Crippen LogP contribution in [0.3, 0.4) is 0 Å². The average Bonchev–Trinajstić information content (AvgIpc) is 1.47. The Hall–Kier alpha value is -12.6. The lowest BCUT2D eigenvalue weighted by atomic mass is 9.33. The molecule has 0 spiro atoms. The molecular formula is C100H66B2N6S2. The van der Waals surface area contributed by atoms with Gasteiger partial charge in [-0.05, 0) is 188 Å². The smallest absolute Gasteiger partial charge is 0.252 e. The van der Waals surface area contributed by atoms with Crippen LogP contribution in [0.2, 0.25) is 0 Å². The van der Waals surface area contributed by atoms with E-state index >= 15 is 0 Å². The van der Waals surface area contributed by atoms with Crippen molar-refractivity contribution >= 4 is 187 Å². The Labute approximate surface area is 644 Å². The van der Waals surface area contributed by atoms with Crippen LogP contribution >= 0.6 is 22.7 Å². The van der Waals surface area contributed by atoms with Crippen molar-refractivity contribution in [2.75, 3.05) is 9.80 Å². The molecule has 26 rings (SSSR count). The summed E-state index contributed by atoms with van der Waals surface area (Å²) in [5, 5.41) is 7.89. The molecule has 0 saturated heterocycles. The van der Waals surface area contributed by atoms with Crippen LogP contribution in [0.1, 0.15) is 66.6 Å². The van der Waals surface area contributed by atoms with Gasteiger partial charge >= 0.3 is 0 Å². The molecule has 6 nitrogen and oxygen atoms in total. The molecule has 0 fully saturated rings. The number of rotatable bonds is 8. The molecule has 2 aliphatic carbocycles. The summed E-state index contributed by atoms with van der Waals surface area (Å²) < 4.78 is 16.3. The molecule has 0 saturated carbocycles. The topological polar surface area (TPSA) is 26.2 Å². The van der Waals surface area contributed by atoms with Gasteiger partial charge in [-0.3, -0.25) is 0 Å². The minimum Gasteiger partial charge on any atom is -0.310 e. The van der Waals surface area contributed by atoms with Gasteiger partial charge in [-0.1, -0.05) is 222 Å². The van der Waals surface area contributed by atoms with Gasteiger partial charge in [0.2, 0.25) is 0 Å². The van der Waals surface area contributed by atoms with E-state index in [1.807, 2.05) is 22.7 Å². The molecule has 0 N–H and O–H groups in total. The van der Waals surface area contributed by atoms with E-state index in [1.54, 1.807) is 0 Å². The molecule has 14 aromatic carbocycles. The first-order valence-corrected chi connectivity index (χ1v) is 40.4. The fraction of sp³-hybridized carbons (Fsp3) is 0.0800. The summed E-state index contributed by atoms with van der Waals surface area (Å²) in [5.41, 5.74) is 42.1. The second-order valence-corrected chi connectivity index (χ2v) is 34.7. The normalized spacial score (nSPS) is 14.4. The molecule has 0 bridgehead atoms. The van der Waals surface area contributed by atoms with Gasteiger partial charge in [-0.2, -0.15) is 0 Å². The maximum atomic E-state index is 2.80. The number of fused-ring (bicyclic) bond motifs is 28. The largest absolute Gasteiger partial charge is 0.310 e. The van der Waals surface area contributed by atoms with E-state index in [-0.39, 0.29) is 24.3 Å². The van der Waals surface area contributed by atoms with Crippen LogP contribution < -0.4 is 42.6 Å².